The number of para-hydroxylation sites is 2. The van der Waals surface area contributed by atoms with Gasteiger partial charge in [0.05, 0.1) is 0 Å². The van der Waals surface area contributed by atoms with Crippen molar-refractivity contribution in [2.24, 2.45) is 0 Å². The first-order valence-corrected chi connectivity index (χ1v) is 13.9. The van der Waals surface area contributed by atoms with Crippen LogP contribution < -0.4 is 20.4 Å². The Morgan fingerprint density at radius 3 is 1.80 bits per heavy atom. The number of hydrogen-bond donors (Lipinski definition) is 2. The van der Waals surface area contributed by atoms with Crippen molar-refractivity contribution < 1.29 is 0 Å². The Morgan fingerprint density at radius 2 is 1.26 bits per heavy atom. The Morgan fingerprint density at radius 1 is 0.771 bits per heavy atom. The van der Waals surface area contributed by atoms with Crippen LogP contribution in [-0.4, -0.2) is 38.3 Å². The zero-order chi connectivity index (χ0) is 25.4. The van der Waals surface area contributed by atoms with E-state index in [1.807, 2.05) is 13.8 Å². The van der Waals surface area contributed by atoms with Crippen LogP contribution in [0.2, 0.25) is 0 Å². The van der Waals surface area contributed by atoms with E-state index in [1.54, 1.807) is 0 Å². The minimum atomic E-state index is 0.302. The molecule has 6 rings (SSSR count). The van der Waals surface area contributed by atoms with Gasteiger partial charge in [-0.05, 0) is 35.6 Å². The molecule has 2 atom stereocenters. The van der Waals surface area contributed by atoms with E-state index < -0.39 is 0 Å². The molecule has 0 radical (unpaired) electrons. The van der Waals surface area contributed by atoms with Crippen LogP contribution in [-0.2, 0) is 23.9 Å². The van der Waals surface area contributed by atoms with Crippen LogP contribution in [0.1, 0.15) is 84.1 Å². The van der Waals surface area contributed by atoms with Gasteiger partial charge in [0.2, 0.25) is 0 Å². The molecule has 2 unspecified atom stereocenters. The Bertz CT molecular complexity index is 1020. The predicted molar refractivity (Wildman–Crippen MR) is 152 cm³/mol. The molecule has 4 heterocycles. The van der Waals surface area contributed by atoms with Crippen LogP contribution in [0.25, 0.3) is 0 Å². The van der Waals surface area contributed by atoms with Crippen molar-refractivity contribution in [1.29, 1.82) is 0 Å². The van der Waals surface area contributed by atoms with E-state index in [0.29, 0.717) is 22.9 Å². The van der Waals surface area contributed by atoms with E-state index >= 15 is 0 Å². The van der Waals surface area contributed by atoms with Crippen LogP contribution in [0.4, 0.5) is 11.4 Å². The summed E-state index contributed by atoms with van der Waals surface area (Å²) < 4.78 is 0. The molecule has 0 amide bonds. The van der Waals surface area contributed by atoms with E-state index in [2.05, 4.69) is 98.4 Å². The second-order valence-electron chi connectivity index (χ2n) is 11.8. The monoisotopic (exact) mass is 476 g/mol. The molecule has 2 aromatic carbocycles. The summed E-state index contributed by atoms with van der Waals surface area (Å²) in [4.78, 5) is 5.23. The zero-order valence-corrected chi connectivity index (χ0v) is 23.5. The third-order valence-corrected chi connectivity index (χ3v) is 8.30. The lowest BCUT2D eigenvalue weighted by molar-refractivity contribution is 0.485. The fourth-order valence-corrected chi connectivity index (χ4v) is 6.48. The summed E-state index contributed by atoms with van der Waals surface area (Å²) in [6, 6.07) is 14.8. The fraction of sp³-hybridized carbons (Fsp3) is 0.613. The predicted octanol–water partition coefficient (Wildman–Crippen LogP) is 5.97. The molecular weight excluding hydrogens is 428 g/mol. The molecule has 0 fully saturated rings. The van der Waals surface area contributed by atoms with Gasteiger partial charge in [-0.3, -0.25) is 0 Å². The summed E-state index contributed by atoms with van der Waals surface area (Å²) in [5, 5.41) is 7.11. The number of nitrogens with one attached hydrogen (secondary N) is 2. The number of nitrogens with zero attached hydrogens (tertiary/aromatic N) is 2. The van der Waals surface area contributed by atoms with Gasteiger partial charge in [0.1, 0.15) is 0 Å². The molecule has 0 aromatic heterocycles. The fourth-order valence-electron chi connectivity index (χ4n) is 6.48. The summed E-state index contributed by atoms with van der Waals surface area (Å²) in [7, 11) is 0. The molecule has 4 aliphatic rings. The molecule has 0 aliphatic carbocycles. The Labute approximate surface area is 214 Å². The van der Waals surface area contributed by atoms with Gasteiger partial charge in [-0.25, -0.2) is 0 Å². The highest BCUT2D eigenvalue weighted by atomic mass is 15.2. The van der Waals surface area contributed by atoms with Gasteiger partial charge in [0.15, 0.2) is 0 Å². The van der Waals surface area contributed by atoms with Crippen molar-refractivity contribution in [3.05, 3.63) is 58.7 Å². The molecule has 0 saturated heterocycles. The van der Waals surface area contributed by atoms with Crippen LogP contribution in [0.15, 0.2) is 36.4 Å². The quantitative estimate of drug-likeness (QED) is 0.531. The van der Waals surface area contributed by atoms with Crippen LogP contribution in [0, 0.1) is 0 Å². The second-order valence-corrected chi connectivity index (χ2v) is 11.8. The third kappa shape index (κ3) is 4.72. The normalized spacial score (nSPS) is 24.7. The van der Waals surface area contributed by atoms with Gasteiger partial charge in [-0.15, -0.1) is 0 Å². The summed E-state index contributed by atoms with van der Waals surface area (Å²) in [5.41, 5.74) is 9.64. The molecule has 35 heavy (non-hydrogen) atoms. The van der Waals surface area contributed by atoms with E-state index in [0.717, 1.165) is 32.7 Å². The summed E-state index contributed by atoms with van der Waals surface area (Å²) in [6.07, 6.45) is 1.22. The first kappa shape index (κ1) is 26.0. The molecule has 0 bridgehead atoms. The van der Waals surface area contributed by atoms with Gasteiger partial charge in [0, 0.05) is 73.6 Å². The van der Waals surface area contributed by atoms with Crippen molar-refractivity contribution >= 4 is 11.4 Å². The molecule has 0 saturated carbocycles. The molecule has 4 heteroatoms. The highest BCUT2D eigenvalue weighted by molar-refractivity contribution is 5.69. The van der Waals surface area contributed by atoms with Gasteiger partial charge in [0.25, 0.3) is 0 Å². The summed E-state index contributed by atoms with van der Waals surface area (Å²) in [5.74, 6) is 0. The van der Waals surface area contributed by atoms with E-state index in [4.69, 9.17) is 0 Å². The topological polar surface area (TPSA) is 30.5 Å². The van der Waals surface area contributed by atoms with Crippen molar-refractivity contribution in [3.63, 3.8) is 0 Å². The minimum Gasteiger partial charge on any atom is -0.366 e. The number of rotatable bonds is 1. The molecule has 192 valence electrons. The molecule has 2 aromatic rings. The Hall–Kier alpha value is -2.04. The lowest BCUT2D eigenvalue weighted by Crippen LogP contribution is -2.41. The van der Waals surface area contributed by atoms with Crippen molar-refractivity contribution in [2.75, 3.05) is 36.0 Å². The number of hydrogen-bond acceptors (Lipinski definition) is 4. The first-order chi connectivity index (χ1) is 16.7. The average molecular weight is 477 g/mol. The number of benzene rings is 2. The minimum absolute atomic E-state index is 0.302. The lowest BCUT2D eigenvalue weighted by Gasteiger charge is -2.30. The molecule has 0 spiro atoms. The third-order valence-electron chi connectivity index (χ3n) is 8.30. The average Bonchev–Trinajstić information content (AvgIpc) is 3.12. The smallest absolute Gasteiger partial charge is 0.0453 e. The maximum Gasteiger partial charge on any atom is 0.0453 e. The van der Waals surface area contributed by atoms with E-state index in [1.165, 1.54) is 46.6 Å². The maximum atomic E-state index is 3.58. The van der Waals surface area contributed by atoms with Gasteiger partial charge in [-0.1, -0.05) is 84.9 Å². The van der Waals surface area contributed by atoms with Crippen LogP contribution in [0.3, 0.4) is 0 Å². The maximum absolute atomic E-state index is 3.58. The Kier molecular flexibility index (Phi) is 7.54. The first-order valence-electron chi connectivity index (χ1n) is 13.9. The summed E-state index contributed by atoms with van der Waals surface area (Å²) >= 11 is 0. The SMILES string of the molecule is CC.CC1CNCc2cccc3c2N1CC3(C)C.CCC1CNCc2cccc3c2N1CC3(C)C. The van der Waals surface area contributed by atoms with Crippen molar-refractivity contribution in [2.45, 2.75) is 97.8 Å². The summed E-state index contributed by atoms with van der Waals surface area (Å²) in [6.45, 7) is 24.6. The van der Waals surface area contributed by atoms with Crippen LogP contribution in [0.5, 0.6) is 0 Å². The molecule has 4 nitrogen and oxygen atoms in total. The zero-order valence-electron chi connectivity index (χ0n) is 23.5. The van der Waals surface area contributed by atoms with Crippen molar-refractivity contribution in [3.8, 4) is 0 Å². The van der Waals surface area contributed by atoms with E-state index in [-0.39, 0.29) is 0 Å². The van der Waals surface area contributed by atoms with Gasteiger partial charge >= 0.3 is 0 Å². The largest absolute Gasteiger partial charge is 0.366 e. The molecular formula is C31H48N4. The molecule has 2 N–H and O–H groups in total. The Balaban J connectivity index is 0.000000155. The highest BCUT2D eigenvalue weighted by Crippen LogP contribution is 2.45. The number of anilines is 2. The van der Waals surface area contributed by atoms with Gasteiger partial charge in [-0.2, -0.15) is 0 Å². The lowest BCUT2D eigenvalue weighted by atomic mass is 9.86. The van der Waals surface area contributed by atoms with Crippen LogP contribution >= 0.6 is 0 Å². The van der Waals surface area contributed by atoms with E-state index in [9.17, 15) is 0 Å². The second kappa shape index (κ2) is 10.1. The van der Waals surface area contributed by atoms with Gasteiger partial charge < -0.3 is 20.4 Å². The van der Waals surface area contributed by atoms with Crippen molar-refractivity contribution in [1.82, 2.24) is 10.6 Å². The highest BCUT2D eigenvalue weighted by Gasteiger charge is 2.40. The standard InChI is InChI=1S/C15H22N2.C14H20N2.C2H6/c1-4-12-9-16-8-11-6-5-7-13-14(11)17(12)10-15(13,2)3;1-10-7-15-8-11-5-4-6-12-13(11)16(10)9-14(12,2)3;1-2/h5-7,12,16H,4,8-10H2,1-3H3;4-6,10,15H,7-9H2,1-3H3;1-2H3. The molecule has 4 aliphatic heterocycles.